The van der Waals surface area contributed by atoms with E-state index in [1.54, 1.807) is 49.4 Å². The lowest BCUT2D eigenvalue weighted by Crippen LogP contribution is -2.52. The summed E-state index contributed by atoms with van der Waals surface area (Å²) in [5.74, 6) is -0.193. The van der Waals surface area contributed by atoms with E-state index < -0.39 is 28.5 Å². The van der Waals surface area contributed by atoms with Gasteiger partial charge in [-0.15, -0.1) is 0 Å². The van der Waals surface area contributed by atoms with Crippen LogP contribution in [0.2, 0.25) is 0 Å². The van der Waals surface area contributed by atoms with Crippen molar-refractivity contribution in [2.24, 2.45) is 0 Å². The third-order valence-corrected chi connectivity index (χ3v) is 9.06. The van der Waals surface area contributed by atoms with Gasteiger partial charge in [0.2, 0.25) is 11.8 Å². The number of ether oxygens (including phenoxy) is 1. The molecule has 9 heteroatoms. The van der Waals surface area contributed by atoms with Crippen LogP contribution in [0.3, 0.4) is 0 Å². The third-order valence-electron chi connectivity index (χ3n) is 7.27. The quantitative estimate of drug-likeness (QED) is 0.366. The number of hydrogen-bond donors (Lipinski definition) is 1. The van der Waals surface area contributed by atoms with Crippen LogP contribution in [0, 0.1) is 6.92 Å². The lowest BCUT2D eigenvalue weighted by molar-refractivity contribution is -0.139. The highest BCUT2D eigenvalue weighted by atomic mass is 32.2. The normalized spacial score (nSPS) is 14.4. The number of sulfonamides is 1. The Balaban J connectivity index is 1.66. The average Bonchev–Trinajstić information content (AvgIpc) is 3.47. The molecule has 1 fully saturated rings. The number of benzene rings is 3. The summed E-state index contributed by atoms with van der Waals surface area (Å²) in [5, 5.41) is 3.09. The number of rotatable bonds is 11. The Bertz CT molecular complexity index is 1400. The average molecular weight is 564 g/mol. The highest BCUT2D eigenvalue weighted by molar-refractivity contribution is 7.92. The molecule has 1 saturated carbocycles. The number of nitrogens with one attached hydrogen (secondary N) is 1. The van der Waals surface area contributed by atoms with Gasteiger partial charge in [-0.1, -0.05) is 60.9 Å². The molecule has 2 amide bonds. The molecule has 0 heterocycles. The monoisotopic (exact) mass is 563 g/mol. The van der Waals surface area contributed by atoms with E-state index in [1.165, 1.54) is 24.1 Å². The molecule has 1 N–H and O–H groups in total. The minimum absolute atomic E-state index is 0.0298. The smallest absolute Gasteiger partial charge is 0.264 e. The Kier molecular flexibility index (Phi) is 9.47. The molecule has 0 unspecified atom stereocenters. The minimum atomic E-state index is -4.12. The van der Waals surface area contributed by atoms with Crippen LogP contribution >= 0.6 is 0 Å². The van der Waals surface area contributed by atoms with Crippen molar-refractivity contribution in [2.45, 2.75) is 63.1 Å². The first kappa shape index (κ1) is 29.1. The van der Waals surface area contributed by atoms with Crippen LogP contribution in [0.25, 0.3) is 0 Å². The number of amides is 2. The SMILES string of the molecule is COc1ccc(S(=O)(=O)N(CC(=O)N(Cc2cccc(C)c2)[C@@H](C)C(=O)NC2CCCC2)c2ccccc2)cc1. The fourth-order valence-electron chi connectivity index (χ4n) is 4.98. The maximum absolute atomic E-state index is 14.0. The standard InChI is InChI=1S/C31H37N3O5S/c1-23-10-9-11-25(20-23)21-33(24(2)31(36)32-26-12-7-8-13-26)30(35)22-34(27-14-5-4-6-15-27)40(37,38)29-18-16-28(39-3)17-19-29/h4-6,9-11,14-20,24,26H,7-8,12-13,21-22H2,1-3H3,(H,32,36)/t24-/m0/s1. The number of carbonyl (C=O) groups is 2. The fraction of sp³-hybridized carbons (Fsp3) is 0.355. The van der Waals surface area contributed by atoms with Gasteiger partial charge in [0.25, 0.3) is 10.0 Å². The van der Waals surface area contributed by atoms with Gasteiger partial charge in [0.15, 0.2) is 0 Å². The summed E-state index contributed by atoms with van der Waals surface area (Å²) in [5.41, 5.74) is 2.24. The predicted octanol–water partition coefficient (Wildman–Crippen LogP) is 4.68. The number of para-hydroxylation sites is 1. The van der Waals surface area contributed by atoms with Gasteiger partial charge in [-0.05, 0) is 68.7 Å². The number of hydrogen-bond acceptors (Lipinski definition) is 5. The molecule has 1 aliphatic rings. The zero-order chi connectivity index (χ0) is 28.7. The van der Waals surface area contributed by atoms with E-state index >= 15 is 0 Å². The first-order valence-electron chi connectivity index (χ1n) is 13.6. The van der Waals surface area contributed by atoms with Gasteiger partial charge >= 0.3 is 0 Å². The Hall–Kier alpha value is -3.85. The first-order chi connectivity index (χ1) is 19.2. The summed E-state index contributed by atoms with van der Waals surface area (Å²) in [6.07, 6.45) is 3.99. The van der Waals surface area contributed by atoms with Crippen molar-refractivity contribution in [3.05, 3.63) is 90.0 Å². The Morgan fingerprint density at radius 2 is 1.65 bits per heavy atom. The van der Waals surface area contributed by atoms with Crippen molar-refractivity contribution in [3.8, 4) is 5.75 Å². The third kappa shape index (κ3) is 7.01. The minimum Gasteiger partial charge on any atom is -0.497 e. The van der Waals surface area contributed by atoms with Gasteiger partial charge in [-0.3, -0.25) is 13.9 Å². The summed E-state index contributed by atoms with van der Waals surface area (Å²) in [7, 11) is -2.62. The summed E-state index contributed by atoms with van der Waals surface area (Å²) in [4.78, 5) is 28.8. The van der Waals surface area contributed by atoms with Gasteiger partial charge in [0.1, 0.15) is 18.3 Å². The van der Waals surface area contributed by atoms with Gasteiger partial charge in [-0.25, -0.2) is 8.42 Å². The molecule has 4 rings (SSSR count). The molecule has 8 nitrogen and oxygen atoms in total. The van der Waals surface area contributed by atoms with Gasteiger partial charge in [-0.2, -0.15) is 0 Å². The Labute approximate surface area is 237 Å². The fourth-order valence-corrected chi connectivity index (χ4v) is 6.39. The number of nitrogens with zero attached hydrogens (tertiary/aromatic N) is 2. The van der Waals surface area contributed by atoms with Crippen molar-refractivity contribution in [3.63, 3.8) is 0 Å². The molecule has 0 saturated heterocycles. The van der Waals surface area contributed by atoms with Gasteiger partial charge < -0.3 is 15.0 Å². The summed E-state index contributed by atoms with van der Waals surface area (Å²) in [6.45, 7) is 3.36. The molecule has 0 spiro atoms. The summed E-state index contributed by atoms with van der Waals surface area (Å²) in [6, 6.07) is 21.6. The zero-order valence-corrected chi connectivity index (χ0v) is 24.1. The predicted molar refractivity (Wildman–Crippen MR) is 156 cm³/mol. The summed E-state index contributed by atoms with van der Waals surface area (Å²) < 4.78 is 34.0. The van der Waals surface area contributed by atoms with Crippen molar-refractivity contribution < 1.29 is 22.7 Å². The molecular formula is C31H37N3O5S. The van der Waals surface area contributed by atoms with Gasteiger partial charge in [0, 0.05) is 12.6 Å². The van der Waals surface area contributed by atoms with E-state index in [0.717, 1.165) is 41.1 Å². The van der Waals surface area contributed by atoms with E-state index in [-0.39, 0.29) is 23.4 Å². The van der Waals surface area contributed by atoms with Crippen LogP contribution in [0.1, 0.15) is 43.7 Å². The largest absolute Gasteiger partial charge is 0.497 e. The van der Waals surface area contributed by atoms with E-state index in [4.69, 9.17) is 4.74 Å². The zero-order valence-electron chi connectivity index (χ0n) is 23.2. The second kappa shape index (κ2) is 13.0. The molecule has 0 aliphatic heterocycles. The van der Waals surface area contributed by atoms with E-state index in [9.17, 15) is 18.0 Å². The second-order valence-corrected chi connectivity index (χ2v) is 12.1. The van der Waals surface area contributed by atoms with Crippen molar-refractivity contribution in [2.75, 3.05) is 18.0 Å². The molecule has 3 aromatic rings. The lowest BCUT2D eigenvalue weighted by atomic mass is 10.1. The van der Waals surface area contributed by atoms with Crippen LogP contribution < -0.4 is 14.4 Å². The molecular weight excluding hydrogens is 526 g/mol. The van der Waals surface area contributed by atoms with Crippen LogP contribution in [-0.4, -0.2) is 50.9 Å². The van der Waals surface area contributed by atoms with E-state index in [0.29, 0.717) is 11.4 Å². The molecule has 0 bridgehead atoms. The van der Waals surface area contributed by atoms with Crippen molar-refractivity contribution in [1.82, 2.24) is 10.2 Å². The topological polar surface area (TPSA) is 96.0 Å². The Morgan fingerprint density at radius 3 is 2.27 bits per heavy atom. The summed E-state index contributed by atoms with van der Waals surface area (Å²) >= 11 is 0. The molecule has 40 heavy (non-hydrogen) atoms. The molecule has 3 aromatic carbocycles. The van der Waals surface area contributed by atoms with Crippen LogP contribution in [0.5, 0.6) is 5.75 Å². The number of anilines is 1. The van der Waals surface area contributed by atoms with Gasteiger partial charge in [0.05, 0.1) is 17.7 Å². The molecule has 0 aromatic heterocycles. The lowest BCUT2D eigenvalue weighted by Gasteiger charge is -2.32. The Morgan fingerprint density at radius 1 is 0.975 bits per heavy atom. The van der Waals surface area contributed by atoms with E-state index in [1.807, 2.05) is 31.2 Å². The number of methoxy groups -OCH3 is 1. The maximum Gasteiger partial charge on any atom is 0.264 e. The maximum atomic E-state index is 14.0. The van der Waals surface area contributed by atoms with Crippen molar-refractivity contribution in [1.29, 1.82) is 0 Å². The van der Waals surface area contributed by atoms with Crippen LogP contribution in [0.15, 0.2) is 83.8 Å². The second-order valence-electron chi connectivity index (χ2n) is 10.2. The van der Waals surface area contributed by atoms with Crippen LogP contribution in [0.4, 0.5) is 5.69 Å². The molecule has 1 atom stereocenters. The molecule has 0 radical (unpaired) electrons. The highest BCUT2D eigenvalue weighted by Gasteiger charge is 2.33. The first-order valence-corrected chi connectivity index (χ1v) is 15.0. The highest BCUT2D eigenvalue weighted by Crippen LogP contribution is 2.26. The molecule has 1 aliphatic carbocycles. The van der Waals surface area contributed by atoms with E-state index in [2.05, 4.69) is 5.32 Å². The van der Waals surface area contributed by atoms with Crippen LogP contribution in [-0.2, 0) is 26.2 Å². The van der Waals surface area contributed by atoms with Crippen molar-refractivity contribution >= 4 is 27.5 Å². The number of aryl methyl sites for hydroxylation is 1. The number of carbonyl (C=O) groups excluding carboxylic acids is 2. The molecule has 212 valence electrons.